The van der Waals surface area contributed by atoms with Crippen molar-refractivity contribution in [3.63, 3.8) is 0 Å². The predicted molar refractivity (Wildman–Crippen MR) is 272 cm³/mol. The Balaban J connectivity index is 0.000000211. The molecule has 0 spiro atoms. The van der Waals surface area contributed by atoms with Gasteiger partial charge in [-0.05, 0) is 161 Å². The number of pyridine rings is 2. The summed E-state index contributed by atoms with van der Waals surface area (Å²) < 4.78 is 17.6. The van der Waals surface area contributed by atoms with Crippen LogP contribution < -0.4 is 16.0 Å². The zero-order valence-electron chi connectivity index (χ0n) is 40.7. The summed E-state index contributed by atoms with van der Waals surface area (Å²) in [5.74, 6) is -0.0397. The van der Waals surface area contributed by atoms with E-state index >= 15 is 0 Å². The number of amides is 4. The highest BCUT2D eigenvalue weighted by atomic mass is 79.9. The summed E-state index contributed by atoms with van der Waals surface area (Å²) in [6.45, 7) is 10.8. The number of benzene rings is 1. The molecule has 1 saturated carbocycles. The summed E-state index contributed by atoms with van der Waals surface area (Å²) in [6, 6.07) is 20.6. The number of nitrogens with one attached hydrogen (secondary N) is 3. The number of carbonyl (C=O) groups is 4. The van der Waals surface area contributed by atoms with Crippen LogP contribution in [0.2, 0.25) is 0 Å². The van der Waals surface area contributed by atoms with Gasteiger partial charge in [0.2, 0.25) is 5.91 Å². The Morgan fingerprint density at radius 3 is 1.96 bits per heavy atom. The number of imidazole rings is 1. The Morgan fingerprint density at radius 1 is 0.739 bits per heavy atom. The number of hydrogen-bond acceptors (Lipinski definition) is 8. The lowest BCUT2D eigenvalue weighted by atomic mass is 9.93. The summed E-state index contributed by atoms with van der Waals surface area (Å²) in [6.07, 6.45) is 16.5. The smallest absolute Gasteiger partial charge is 0.407 e. The summed E-state index contributed by atoms with van der Waals surface area (Å²) in [5, 5.41) is 9.54. The minimum atomic E-state index is -0.509. The van der Waals surface area contributed by atoms with Gasteiger partial charge < -0.3 is 48.6 Å². The molecule has 0 unspecified atom stereocenters. The van der Waals surface area contributed by atoms with E-state index in [1.54, 1.807) is 13.2 Å². The molecule has 3 aliphatic rings. The topological polar surface area (TPSA) is 156 Å². The first-order valence-electron chi connectivity index (χ1n) is 24.2. The van der Waals surface area contributed by atoms with Crippen LogP contribution in [0.4, 0.5) is 4.79 Å². The van der Waals surface area contributed by atoms with Crippen molar-refractivity contribution in [1.82, 2.24) is 44.1 Å². The van der Waals surface area contributed by atoms with Gasteiger partial charge in [-0.1, -0.05) is 12.1 Å². The molecule has 0 radical (unpaired) electrons. The van der Waals surface area contributed by atoms with Crippen molar-refractivity contribution in [1.29, 1.82) is 0 Å². The Morgan fingerprint density at radius 2 is 1.33 bits per heavy atom. The van der Waals surface area contributed by atoms with Crippen LogP contribution in [0.1, 0.15) is 98.7 Å². The highest BCUT2D eigenvalue weighted by molar-refractivity contribution is 9.10. The van der Waals surface area contributed by atoms with Gasteiger partial charge in [-0.25, -0.2) is 9.78 Å². The second kappa shape index (κ2) is 21.8. The molecule has 6 aromatic rings. The van der Waals surface area contributed by atoms with Gasteiger partial charge in [-0.3, -0.25) is 14.4 Å². The van der Waals surface area contributed by atoms with Crippen LogP contribution in [-0.4, -0.2) is 122 Å². The SMILES string of the molecule is CC(C)(C)OC(=O)NC1CCN(C(=O)c2ccc3c(Br)cccn23)CC1.CO[C@H]1CC[C@H](NC/C=C/C(=O)NC2CCN(C(=O)c3ccc4c(-c5cc6ncn(C)c6cc5C)cccn34)CC2)CC1. The van der Waals surface area contributed by atoms with Crippen molar-refractivity contribution in [3.05, 3.63) is 113 Å². The van der Waals surface area contributed by atoms with E-state index in [0.29, 0.717) is 56.3 Å². The van der Waals surface area contributed by atoms with Crippen molar-refractivity contribution >= 4 is 61.8 Å². The number of carbonyl (C=O) groups excluding carboxylic acids is 4. The van der Waals surface area contributed by atoms with Crippen molar-refractivity contribution in [3.8, 4) is 11.1 Å². The van der Waals surface area contributed by atoms with Gasteiger partial charge >= 0.3 is 6.09 Å². The largest absolute Gasteiger partial charge is 0.444 e. The number of piperidine rings is 2. The maximum atomic E-state index is 13.6. The first-order chi connectivity index (χ1) is 33.1. The molecule has 3 N–H and O–H groups in total. The van der Waals surface area contributed by atoms with E-state index in [2.05, 4.69) is 62.0 Å². The van der Waals surface area contributed by atoms with Crippen molar-refractivity contribution in [2.24, 2.45) is 7.05 Å². The minimum absolute atomic E-state index is 0.0128. The normalized spacial score (nSPS) is 18.4. The summed E-state index contributed by atoms with van der Waals surface area (Å²) >= 11 is 3.51. The number of aromatic nitrogens is 4. The summed E-state index contributed by atoms with van der Waals surface area (Å²) in [5.41, 5.74) is 8.18. The van der Waals surface area contributed by atoms with Crippen molar-refractivity contribution in [2.45, 2.75) is 109 Å². The fraction of sp³-hybridized carbons (Fsp3) is 0.453. The average Bonchev–Trinajstić information content (AvgIpc) is 4.07. The standard InChI is InChI=1S/C34H42N6O3.C19H24BrN3O3/c1-23-20-32-29(36-22-38(32)2)21-28(23)27-6-5-17-40-30(27)12-13-31(40)34(42)39-18-14-25(15-19-39)37-33(41)7-4-16-35-24-8-10-26(43-3)11-9-24;1-19(2,3)26-18(25)21-13-8-11-22(12-9-13)17(24)16-7-6-15-14(20)5-4-10-23(15)16/h4-7,12-13,17,20-22,24-26,35H,8-11,14-16,18-19H2,1-3H3,(H,37,41);4-7,10,13H,8-9,11-12H2,1-3H3,(H,21,25)/b7-4+;/t24-,26-;. The van der Waals surface area contributed by atoms with Gasteiger partial charge in [0, 0.05) is 93.5 Å². The number of fused-ring (bicyclic) bond motifs is 3. The van der Waals surface area contributed by atoms with Crippen molar-refractivity contribution < 1.29 is 28.7 Å². The van der Waals surface area contributed by atoms with E-state index in [9.17, 15) is 19.2 Å². The van der Waals surface area contributed by atoms with E-state index in [4.69, 9.17) is 9.47 Å². The zero-order valence-corrected chi connectivity index (χ0v) is 42.3. The lowest BCUT2D eigenvalue weighted by Crippen LogP contribution is -2.47. The molecule has 3 fully saturated rings. The van der Waals surface area contributed by atoms with Crippen LogP contribution >= 0.6 is 15.9 Å². The highest BCUT2D eigenvalue weighted by Crippen LogP contribution is 2.32. The van der Waals surface area contributed by atoms with Crippen LogP contribution in [-0.2, 0) is 21.3 Å². The molecule has 69 heavy (non-hydrogen) atoms. The zero-order chi connectivity index (χ0) is 48.8. The molecule has 16 heteroatoms. The molecule has 2 saturated heterocycles. The number of likely N-dealkylation sites (tertiary alicyclic amines) is 2. The van der Waals surface area contributed by atoms with Crippen LogP contribution in [0.3, 0.4) is 0 Å². The fourth-order valence-electron chi connectivity index (χ4n) is 9.79. The van der Waals surface area contributed by atoms with Gasteiger partial charge in [0.25, 0.3) is 11.8 Å². The molecule has 4 amide bonds. The molecule has 9 rings (SSSR count). The maximum Gasteiger partial charge on any atom is 0.407 e. The Hall–Kier alpha value is -5.97. The van der Waals surface area contributed by atoms with E-state index in [1.165, 1.54) is 5.56 Å². The maximum absolute atomic E-state index is 13.6. The van der Waals surface area contributed by atoms with E-state index in [1.807, 2.05) is 118 Å². The van der Waals surface area contributed by atoms with Crippen molar-refractivity contribution in [2.75, 3.05) is 39.8 Å². The third kappa shape index (κ3) is 11.9. The molecule has 1 aromatic carbocycles. The molecule has 2 aliphatic heterocycles. The number of halogens is 1. The van der Waals surface area contributed by atoms with Crippen LogP contribution in [0.5, 0.6) is 0 Å². The molecule has 366 valence electrons. The molecule has 7 heterocycles. The van der Waals surface area contributed by atoms with E-state index < -0.39 is 11.7 Å². The lowest BCUT2D eigenvalue weighted by molar-refractivity contribution is -0.117. The summed E-state index contributed by atoms with van der Waals surface area (Å²) in [7, 11) is 3.79. The number of aryl methyl sites for hydroxylation is 2. The van der Waals surface area contributed by atoms with E-state index in [0.717, 1.165) is 89.0 Å². The van der Waals surface area contributed by atoms with Crippen LogP contribution in [0.25, 0.3) is 33.2 Å². The third-order valence-electron chi connectivity index (χ3n) is 13.6. The molecular weight excluding hydrogens is 939 g/mol. The highest BCUT2D eigenvalue weighted by Gasteiger charge is 2.29. The third-order valence-corrected chi connectivity index (χ3v) is 14.2. The molecule has 0 atom stereocenters. The predicted octanol–water partition coefficient (Wildman–Crippen LogP) is 8.46. The number of rotatable bonds is 10. The van der Waals surface area contributed by atoms with Crippen LogP contribution in [0.15, 0.2) is 96.0 Å². The average molecular weight is 1010 g/mol. The van der Waals surface area contributed by atoms with Gasteiger partial charge in [0.05, 0.1) is 34.5 Å². The number of ether oxygens (including phenoxy) is 2. The fourth-order valence-corrected chi connectivity index (χ4v) is 10.3. The molecule has 0 bridgehead atoms. The van der Waals surface area contributed by atoms with E-state index in [-0.39, 0.29) is 29.8 Å². The Labute approximate surface area is 412 Å². The quantitative estimate of drug-likeness (QED) is 0.116. The van der Waals surface area contributed by atoms with Gasteiger partial charge in [0.1, 0.15) is 17.0 Å². The molecular formula is C53H66BrN9O6. The van der Waals surface area contributed by atoms with Gasteiger partial charge in [-0.15, -0.1) is 0 Å². The number of nitrogens with zero attached hydrogens (tertiary/aromatic N) is 6. The van der Waals surface area contributed by atoms with Crippen LogP contribution in [0, 0.1) is 6.92 Å². The Bertz CT molecular complexity index is 2820. The number of hydrogen-bond donors (Lipinski definition) is 3. The van der Waals surface area contributed by atoms with Gasteiger partial charge in [-0.2, -0.15) is 0 Å². The first kappa shape index (κ1) is 49.5. The monoisotopic (exact) mass is 1000 g/mol. The van der Waals surface area contributed by atoms with Gasteiger partial charge in [0.15, 0.2) is 0 Å². The number of alkyl carbamates (subject to hydrolysis) is 1. The second-order valence-electron chi connectivity index (χ2n) is 19.5. The summed E-state index contributed by atoms with van der Waals surface area (Å²) in [4.78, 5) is 59.2. The Kier molecular flexibility index (Phi) is 15.6. The second-order valence-corrected chi connectivity index (χ2v) is 20.4. The minimum Gasteiger partial charge on any atom is -0.444 e. The molecule has 15 nitrogen and oxygen atoms in total. The first-order valence-corrected chi connectivity index (χ1v) is 25.0. The molecule has 5 aromatic heterocycles. The molecule has 1 aliphatic carbocycles. The number of methoxy groups -OCH3 is 1. The lowest BCUT2D eigenvalue weighted by Gasteiger charge is -2.32.